The van der Waals surface area contributed by atoms with Gasteiger partial charge in [0.05, 0.1) is 10.7 Å². The molecule has 27 heavy (non-hydrogen) atoms. The minimum atomic E-state index is -1.13. The molecule has 1 heterocycles. The number of nitrogens with one attached hydrogen (secondary N) is 2. The number of hydrogen-bond donors (Lipinski definition) is 2. The molecule has 1 aliphatic heterocycles. The van der Waals surface area contributed by atoms with Crippen molar-refractivity contribution < 1.29 is 9.63 Å². The van der Waals surface area contributed by atoms with E-state index in [0.717, 1.165) is 29.1 Å². The summed E-state index contributed by atoms with van der Waals surface area (Å²) in [4.78, 5) is 16.2. The Hall–Kier alpha value is -1.95. The number of halogens is 3. The molecule has 1 unspecified atom stereocenters. The van der Waals surface area contributed by atoms with E-state index in [1.165, 1.54) is 0 Å². The van der Waals surface area contributed by atoms with Crippen LogP contribution in [0.4, 0.5) is 11.4 Å². The van der Waals surface area contributed by atoms with E-state index in [1.807, 2.05) is 43.3 Å². The monoisotopic (exact) mass is 425 g/mol. The third-order valence-corrected chi connectivity index (χ3v) is 4.77. The van der Waals surface area contributed by atoms with Gasteiger partial charge in [0, 0.05) is 29.9 Å². The highest BCUT2D eigenvalue weighted by atomic mass is 35.5. The molecule has 0 radical (unpaired) electrons. The maximum atomic E-state index is 11.7. The van der Waals surface area contributed by atoms with Crippen LogP contribution in [0.1, 0.15) is 30.6 Å². The highest BCUT2D eigenvalue weighted by molar-refractivity contribution is 6.54. The number of nitrogens with zero attached hydrogens (tertiary/aromatic N) is 1. The molecule has 0 bridgehead atoms. The van der Waals surface area contributed by atoms with Crippen LogP contribution in [0.3, 0.4) is 0 Å². The molecule has 0 aromatic heterocycles. The lowest BCUT2D eigenvalue weighted by Gasteiger charge is -2.13. The quantitative estimate of drug-likeness (QED) is 0.610. The Morgan fingerprint density at radius 3 is 2.81 bits per heavy atom. The highest BCUT2D eigenvalue weighted by Crippen LogP contribution is 2.35. The summed E-state index contributed by atoms with van der Waals surface area (Å²) in [7, 11) is 0. The van der Waals surface area contributed by atoms with Gasteiger partial charge in [-0.2, -0.15) is 0 Å². The zero-order chi connectivity index (χ0) is 19.4. The molecule has 8 heteroatoms. The number of hydrogen-bond acceptors (Lipinski definition) is 4. The molecule has 1 aliphatic rings. The van der Waals surface area contributed by atoms with Crippen molar-refractivity contribution in [2.75, 3.05) is 17.2 Å². The fraction of sp³-hybridized carbons (Fsp3) is 0.263. The predicted octanol–water partition coefficient (Wildman–Crippen LogP) is 5.38. The molecule has 2 N–H and O–H groups in total. The van der Waals surface area contributed by atoms with Gasteiger partial charge >= 0.3 is 0 Å². The van der Waals surface area contributed by atoms with Crippen molar-refractivity contribution in [3.63, 3.8) is 0 Å². The summed E-state index contributed by atoms with van der Waals surface area (Å²) < 4.78 is 0. The molecule has 3 rings (SSSR count). The molecule has 1 atom stereocenters. The van der Waals surface area contributed by atoms with Gasteiger partial charge in [0.15, 0.2) is 10.9 Å². The molecule has 0 saturated carbocycles. The lowest BCUT2D eigenvalue weighted by atomic mass is 9.98. The van der Waals surface area contributed by atoms with Crippen LogP contribution in [0.15, 0.2) is 47.6 Å². The molecule has 2 aromatic rings. The smallest absolute Gasteiger partial charge is 0.257 e. The van der Waals surface area contributed by atoms with Crippen LogP contribution in [0.2, 0.25) is 5.02 Å². The fourth-order valence-corrected chi connectivity index (χ4v) is 3.27. The van der Waals surface area contributed by atoms with Gasteiger partial charge < -0.3 is 15.5 Å². The van der Waals surface area contributed by atoms with Crippen molar-refractivity contribution >= 4 is 57.8 Å². The Morgan fingerprint density at radius 2 is 2.07 bits per heavy atom. The van der Waals surface area contributed by atoms with E-state index in [9.17, 15) is 4.79 Å². The van der Waals surface area contributed by atoms with Gasteiger partial charge in [-0.05, 0) is 36.8 Å². The minimum absolute atomic E-state index is 0.273. The van der Waals surface area contributed by atoms with Gasteiger partial charge in [-0.15, -0.1) is 0 Å². The number of anilines is 2. The average molecular weight is 427 g/mol. The number of oxime groups is 1. The maximum Gasteiger partial charge on any atom is 0.257 e. The van der Waals surface area contributed by atoms with Crippen molar-refractivity contribution in [1.82, 2.24) is 0 Å². The van der Waals surface area contributed by atoms with Crippen molar-refractivity contribution in [2.45, 2.75) is 24.3 Å². The average Bonchev–Trinajstić information content (AvgIpc) is 3.12. The van der Waals surface area contributed by atoms with Gasteiger partial charge in [0.1, 0.15) is 0 Å². The van der Waals surface area contributed by atoms with Crippen molar-refractivity contribution in [3.8, 4) is 0 Å². The van der Waals surface area contributed by atoms with Gasteiger partial charge in [-0.25, -0.2) is 0 Å². The summed E-state index contributed by atoms with van der Waals surface area (Å²) in [6, 6.07) is 13.0. The van der Waals surface area contributed by atoms with Gasteiger partial charge in [-0.3, -0.25) is 4.79 Å². The SMILES string of the molecule is CCNc1cccc(Cl)c1C1=NOC(c2cccc(NC(=O)C(Cl)Cl)c2)C1. The van der Waals surface area contributed by atoms with Crippen molar-refractivity contribution in [3.05, 3.63) is 58.6 Å². The largest absolute Gasteiger partial charge is 0.387 e. The Balaban J connectivity index is 1.78. The maximum absolute atomic E-state index is 11.7. The third kappa shape index (κ3) is 4.67. The Kier molecular flexibility index (Phi) is 6.47. The number of rotatable bonds is 6. The summed E-state index contributed by atoms with van der Waals surface area (Å²) in [6.45, 7) is 2.79. The molecular weight excluding hydrogens is 409 g/mol. The number of carbonyl (C=O) groups is 1. The second-order valence-electron chi connectivity index (χ2n) is 5.94. The fourth-order valence-electron chi connectivity index (χ4n) is 2.87. The summed E-state index contributed by atoms with van der Waals surface area (Å²) in [5.74, 6) is -0.480. The predicted molar refractivity (Wildman–Crippen MR) is 111 cm³/mol. The molecule has 2 aromatic carbocycles. The van der Waals surface area contributed by atoms with Crippen molar-refractivity contribution in [1.29, 1.82) is 0 Å². The lowest BCUT2D eigenvalue weighted by Crippen LogP contribution is -2.18. The second-order valence-corrected chi connectivity index (χ2v) is 7.45. The van der Waals surface area contributed by atoms with E-state index < -0.39 is 10.7 Å². The first-order valence-corrected chi connectivity index (χ1v) is 9.69. The number of benzene rings is 2. The van der Waals surface area contributed by atoms with Crippen LogP contribution < -0.4 is 10.6 Å². The number of carbonyl (C=O) groups excluding carboxylic acids is 1. The van der Waals surface area contributed by atoms with Crippen LogP contribution in [0.5, 0.6) is 0 Å². The molecule has 0 spiro atoms. The molecule has 142 valence electrons. The first-order chi connectivity index (χ1) is 13.0. The minimum Gasteiger partial charge on any atom is -0.387 e. The Labute approximate surface area is 172 Å². The van der Waals surface area contributed by atoms with E-state index >= 15 is 0 Å². The molecule has 5 nitrogen and oxygen atoms in total. The van der Waals surface area contributed by atoms with Crippen LogP contribution in [0.25, 0.3) is 0 Å². The summed E-state index contributed by atoms with van der Waals surface area (Å²) in [6.07, 6.45) is 0.290. The lowest BCUT2D eigenvalue weighted by molar-refractivity contribution is -0.114. The highest BCUT2D eigenvalue weighted by Gasteiger charge is 2.27. The van der Waals surface area contributed by atoms with E-state index in [2.05, 4.69) is 15.8 Å². The summed E-state index contributed by atoms with van der Waals surface area (Å²) in [5.41, 5.74) is 4.01. The second kappa shape index (κ2) is 8.83. The van der Waals surface area contributed by atoms with E-state index in [1.54, 1.807) is 6.07 Å². The molecular formula is C19H18Cl3N3O2. The van der Waals surface area contributed by atoms with E-state index in [4.69, 9.17) is 39.6 Å². The Bertz CT molecular complexity index is 871. The third-order valence-electron chi connectivity index (χ3n) is 4.06. The van der Waals surface area contributed by atoms with Gasteiger partial charge in [0.25, 0.3) is 5.91 Å². The van der Waals surface area contributed by atoms with Crippen LogP contribution in [-0.2, 0) is 9.63 Å². The van der Waals surface area contributed by atoms with Crippen LogP contribution >= 0.6 is 34.8 Å². The molecule has 1 amide bonds. The van der Waals surface area contributed by atoms with E-state index in [0.29, 0.717) is 17.1 Å². The summed E-state index contributed by atoms with van der Waals surface area (Å²) >= 11 is 17.6. The molecule has 0 fully saturated rings. The zero-order valence-electron chi connectivity index (χ0n) is 14.5. The number of alkyl halides is 2. The zero-order valence-corrected chi connectivity index (χ0v) is 16.8. The van der Waals surface area contributed by atoms with Gasteiger partial charge in [0.2, 0.25) is 0 Å². The first-order valence-electron chi connectivity index (χ1n) is 8.44. The first kappa shape index (κ1) is 19.8. The van der Waals surface area contributed by atoms with E-state index in [-0.39, 0.29) is 6.10 Å². The van der Waals surface area contributed by atoms with Crippen LogP contribution in [-0.4, -0.2) is 23.0 Å². The number of amides is 1. The Morgan fingerprint density at radius 1 is 1.30 bits per heavy atom. The van der Waals surface area contributed by atoms with Crippen LogP contribution in [0, 0.1) is 0 Å². The standard InChI is InChI=1S/C19H18Cl3N3O2/c1-2-23-14-8-4-7-13(20)17(14)15-10-16(27-25-15)11-5-3-6-12(9-11)24-19(26)18(21)22/h3-9,16,18,23H,2,10H2,1H3,(H,24,26). The molecule has 0 saturated heterocycles. The normalized spacial score (nSPS) is 16.0. The van der Waals surface area contributed by atoms with Gasteiger partial charge in [-0.1, -0.05) is 58.2 Å². The molecule has 0 aliphatic carbocycles. The summed E-state index contributed by atoms with van der Waals surface area (Å²) in [5, 5.41) is 10.8. The van der Waals surface area contributed by atoms with Crippen molar-refractivity contribution in [2.24, 2.45) is 5.16 Å². The topological polar surface area (TPSA) is 62.7 Å².